The third kappa shape index (κ3) is 44.9. The lowest BCUT2D eigenvalue weighted by Gasteiger charge is -2.41. The first-order valence-electron chi connectivity index (χ1n) is 43.9. The van der Waals surface area contributed by atoms with Crippen LogP contribution in [0.2, 0.25) is 0 Å². The Morgan fingerprint density at radius 3 is 0.929 bits per heavy atom. The number of ether oxygens (including phenoxy) is 13. The first-order chi connectivity index (χ1) is 60.1. The minimum Gasteiger partial charge on any atom is -0.394 e. The second-order valence-corrected chi connectivity index (χ2v) is 47.6. The minimum atomic E-state index is -4.13. The van der Waals surface area contributed by atoms with E-state index in [1.54, 1.807) is 27.7 Å². The average Bonchev–Trinajstić information content (AvgIpc) is 1.74. The third-order valence-corrected chi connectivity index (χ3v) is 29.9. The summed E-state index contributed by atoms with van der Waals surface area (Å²) >= 11 is 26.8. The molecule has 0 aliphatic carbocycles. The number of aliphatic hydroxyl groups is 9. The van der Waals surface area contributed by atoms with Crippen molar-refractivity contribution in [1.82, 2.24) is 0 Å². The third-order valence-electron chi connectivity index (χ3n) is 21.9. The molecule has 0 amide bonds. The molecule has 50 heteroatoms. The van der Waals surface area contributed by atoms with Crippen LogP contribution in [0.25, 0.3) is 0 Å². The van der Waals surface area contributed by atoms with Gasteiger partial charge in [0.05, 0.1) is 103 Å². The SMILES string of the molecule is CC1[C@H](OCC(=O)CCCCCCCO[C@H]2C[C@@H](OP(O)(=S)OCCCOC(C)(C)C)C(COP(O)(=S)OCCCOP(O)(=S)O[C@@H]3C[C@H](OCCCCCCCC(=O)CO[C@@H]4OC(CO)[C@H](O)[C@H](O)C4C)OC3COP(O)(=S)OCCCOP(O)(=S)OC3C[C@H](OCCCCCCCC(=O)CO[C@@H]4OC(CO)[C@H](O)[C@H](O)C4C)O[C@@H]3CO)O2)OC(CO)[C@H](C)[C@@H]1O. The zero-order chi connectivity index (χ0) is 93.6. The summed E-state index contributed by atoms with van der Waals surface area (Å²) in [5.41, 5.74) is -0.393. The second kappa shape index (κ2) is 60.0. The summed E-state index contributed by atoms with van der Waals surface area (Å²) in [5, 5.41) is 90.1. The van der Waals surface area contributed by atoms with Gasteiger partial charge in [0.15, 0.2) is 55.1 Å². The molecule has 0 spiro atoms. The summed E-state index contributed by atoms with van der Waals surface area (Å²) in [5.74, 6) is -2.32. The van der Waals surface area contributed by atoms with Gasteiger partial charge in [0, 0.05) is 88.6 Å². The highest BCUT2D eigenvalue weighted by Crippen LogP contribution is 2.53. The molecule has 14 unspecified atom stereocenters. The van der Waals surface area contributed by atoms with Gasteiger partial charge in [-0.3, -0.25) is 14.4 Å². The van der Waals surface area contributed by atoms with Crippen molar-refractivity contribution in [1.29, 1.82) is 0 Å². The fraction of sp³-hybridized carbons (Fsp3) is 0.961. The van der Waals surface area contributed by atoms with Crippen molar-refractivity contribution in [3.63, 3.8) is 0 Å². The lowest BCUT2D eigenvalue weighted by atomic mass is 9.86. The molecule has 29 atom stereocenters. The van der Waals surface area contributed by atoms with Crippen LogP contribution in [0.5, 0.6) is 0 Å². The van der Waals surface area contributed by atoms with Crippen molar-refractivity contribution in [2.75, 3.05) is 119 Å². The van der Waals surface area contributed by atoms with Crippen molar-refractivity contribution in [3.05, 3.63) is 0 Å². The summed E-state index contributed by atoms with van der Waals surface area (Å²) in [6, 6.07) is 0. The summed E-state index contributed by atoms with van der Waals surface area (Å²) < 4.78 is 133. The molecule has 6 heterocycles. The number of hydrogen-bond donors (Lipinski definition) is 14. The molecule has 127 heavy (non-hydrogen) atoms. The summed E-state index contributed by atoms with van der Waals surface area (Å²) in [6.07, 6.45) is -7.26. The van der Waals surface area contributed by atoms with Crippen LogP contribution in [0.15, 0.2) is 0 Å². The average molecular weight is 2020 g/mol. The summed E-state index contributed by atoms with van der Waals surface area (Å²) in [7, 11) is 0. The second-order valence-electron chi connectivity index (χ2n) is 33.5. The number of carbonyl (C=O) groups is 3. The maximum Gasteiger partial charge on any atom is 0.324 e. The first kappa shape index (κ1) is 116. The highest BCUT2D eigenvalue weighted by Gasteiger charge is 2.48. The zero-order valence-corrected chi connectivity index (χ0v) is 82.3. The quantitative estimate of drug-likeness (QED) is 0.0245. The van der Waals surface area contributed by atoms with Crippen molar-refractivity contribution < 1.29 is 192 Å². The van der Waals surface area contributed by atoms with Gasteiger partial charge < -0.3 is 177 Å². The molecule has 0 bridgehead atoms. The van der Waals surface area contributed by atoms with E-state index in [4.69, 9.17) is 166 Å². The van der Waals surface area contributed by atoms with Crippen LogP contribution in [0.1, 0.15) is 203 Å². The number of unbranched alkanes of at least 4 members (excludes halogenated alkanes) is 12. The van der Waals surface area contributed by atoms with Crippen LogP contribution in [0.4, 0.5) is 0 Å². The van der Waals surface area contributed by atoms with Gasteiger partial charge in [-0.15, -0.1) is 0 Å². The van der Waals surface area contributed by atoms with E-state index in [2.05, 4.69) is 0 Å². The highest BCUT2D eigenvalue weighted by atomic mass is 32.5. The van der Waals surface area contributed by atoms with Gasteiger partial charge in [-0.1, -0.05) is 85.5 Å². The van der Waals surface area contributed by atoms with Gasteiger partial charge in [0.2, 0.25) is 0 Å². The van der Waals surface area contributed by atoms with Crippen LogP contribution in [-0.2, 0) is 180 Å². The van der Waals surface area contributed by atoms with Gasteiger partial charge >= 0.3 is 33.6 Å². The Morgan fingerprint density at radius 2 is 0.598 bits per heavy atom. The summed E-state index contributed by atoms with van der Waals surface area (Å²) in [4.78, 5) is 93.9. The fourth-order valence-corrected chi connectivity index (χ4v) is 21.3. The molecule has 0 saturated carbocycles. The Hall–Kier alpha value is 0.780. The molecule has 0 aromatic rings. The predicted octanol–water partition coefficient (Wildman–Crippen LogP) is 5.99. The highest BCUT2D eigenvalue weighted by molar-refractivity contribution is 8.08. The standard InChI is InChI=1S/C77H143O40P5S5/c1-50-60(41-78)112-74(51(2)69(50)85)98-45-54(82)26-17-12-9-15-21-30-96-67-39-58(116-121(93,126)104-33-23-32-101-77(5,6)7)64(110-67)48-107-119(91,124)103-35-25-37-106-122(94,127)117-59-40-68(97-31-22-16-10-13-19-28-56(84)47-100-76-53(4)71(87)73(89)63(44-81)114-76)111-65(59)49-108-118(90,123)102-34-24-36-105-120(92,125)115-57-38-66(109-61(57)42-79)95-29-20-14-8-11-18-27-55(83)46-99-75-52(3)70(86)72(88)62(43-80)113-75/h50-53,57-76,78-81,85-89H,8-49H2,1-7H3,(H,90,123)(H,91,124)(H,92,125)(H,93,126)(H,94,127)/t50-,51?,52?,53?,57?,58+,59+,60?,61+,62?,63?,64?,65?,66+,67+,68+,69-,70+,71+,72-,73-,74+,75+,76+,118?,119?,120?,121?,122?/m0/s1. The van der Waals surface area contributed by atoms with Crippen LogP contribution in [0.3, 0.4) is 0 Å². The van der Waals surface area contributed by atoms with E-state index in [1.165, 1.54) is 0 Å². The molecule has 0 aromatic heterocycles. The smallest absolute Gasteiger partial charge is 0.324 e. The van der Waals surface area contributed by atoms with E-state index in [-0.39, 0.29) is 153 Å². The van der Waals surface area contributed by atoms with E-state index >= 15 is 0 Å². The molecule has 0 aromatic carbocycles. The lowest BCUT2D eigenvalue weighted by Crippen LogP contribution is -2.55. The molecule has 40 nitrogen and oxygen atoms in total. The van der Waals surface area contributed by atoms with E-state index in [1.807, 2.05) is 20.8 Å². The van der Waals surface area contributed by atoms with Crippen molar-refractivity contribution in [3.8, 4) is 0 Å². The fourth-order valence-electron chi connectivity index (χ4n) is 14.4. The maximum absolute atomic E-state index is 12.7. The van der Waals surface area contributed by atoms with Crippen LogP contribution in [0, 0.1) is 23.7 Å². The Morgan fingerprint density at radius 1 is 0.315 bits per heavy atom. The normalized spacial score (nSPS) is 32.6. The zero-order valence-electron chi connectivity index (χ0n) is 73.7. The Balaban J connectivity index is 0.914. The lowest BCUT2D eigenvalue weighted by molar-refractivity contribution is -0.280. The maximum atomic E-state index is 12.7. The number of rotatable bonds is 69. The minimum absolute atomic E-state index is 0.00236. The van der Waals surface area contributed by atoms with Crippen LogP contribution < -0.4 is 0 Å². The van der Waals surface area contributed by atoms with E-state index < -0.39 is 201 Å². The van der Waals surface area contributed by atoms with Gasteiger partial charge in [-0.2, -0.15) is 0 Å². The van der Waals surface area contributed by atoms with Gasteiger partial charge in [-0.25, -0.2) is 0 Å². The molecule has 0 radical (unpaired) electrons. The van der Waals surface area contributed by atoms with Gasteiger partial charge in [-0.05, 0) is 138 Å². The topological polar surface area (TPSA) is 547 Å². The van der Waals surface area contributed by atoms with E-state index in [0.29, 0.717) is 71.0 Å². The summed E-state index contributed by atoms with van der Waals surface area (Å²) in [6.45, 7) is -10.5. The number of aliphatic hydroxyl groups excluding tert-OH is 9. The van der Waals surface area contributed by atoms with Gasteiger partial charge in [0.25, 0.3) is 0 Å². The predicted molar refractivity (Wildman–Crippen MR) is 473 cm³/mol. The van der Waals surface area contributed by atoms with Gasteiger partial charge in [0.1, 0.15) is 80.9 Å². The molecule has 746 valence electrons. The number of carbonyl (C=O) groups excluding carboxylic acids is 3. The van der Waals surface area contributed by atoms with Crippen LogP contribution in [-0.4, -0.2) is 335 Å². The Labute approximate surface area is 771 Å². The number of ketones is 3. The molecule has 6 aliphatic heterocycles. The molecule has 6 aliphatic rings. The Kier molecular flexibility index (Phi) is 55.1. The molecule has 6 saturated heterocycles. The number of Topliss-reactive ketones (excluding diaryl/α,β-unsaturated/α-hetero) is 3. The monoisotopic (exact) mass is 2020 g/mol. The molecule has 14 N–H and O–H groups in total. The number of hydrogen-bond acceptors (Lipinski definition) is 40. The van der Waals surface area contributed by atoms with Crippen molar-refractivity contribution in [2.45, 2.75) is 331 Å². The van der Waals surface area contributed by atoms with Crippen LogP contribution >= 0.6 is 33.6 Å². The van der Waals surface area contributed by atoms with E-state index in [9.17, 15) is 84.8 Å². The largest absolute Gasteiger partial charge is 0.394 e. The molecule has 6 fully saturated rings. The molecular formula is C77H143O40P5S5. The molecular weight excluding hydrogens is 1880 g/mol. The van der Waals surface area contributed by atoms with E-state index in [0.717, 1.165) is 51.4 Å². The molecule has 6 rings (SSSR count). The Bertz CT molecular complexity index is 3370. The van der Waals surface area contributed by atoms with Crippen molar-refractivity contribution in [2.24, 2.45) is 23.7 Å². The first-order valence-corrected chi connectivity index (χ1v) is 56.9. The van der Waals surface area contributed by atoms with Crippen molar-refractivity contribution >= 4 is 110 Å².